The summed E-state index contributed by atoms with van der Waals surface area (Å²) >= 11 is 0. The number of ether oxygens (including phenoxy) is 4. The van der Waals surface area contributed by atoms with Crippen molar-refractivity contribution in [1.82, 2.24) is 5.32 Å². The summed E-state index contributed by atoms with van der Waals surface area (Å²) < 4.78 is 22.6. The highest BCUT2D eigenvalue weighted by Crippen LogP contribution is 2.27. The van der Waals surface area contributed by atoms with Crippen LogP contribution < -0.4 is 5.32 Å². The Labute approximate surface area is 120 Å². The summed E-state index contributed by atoms with van der Waals surface area (Å²) in [5.41, 5.74) is 0. The van der Waals surface area contributed by atoms with Crippen LogP contribution in [0.1, 0.15) is 26.7 Å². The van der Waals surface area contributed by atoms with Crippen LogP contribution >= 0.6 is 0 Å². The minimum atomic E-state index is -0.991. The van der Waals surface area contributed by atoms with E-state index < -0.39 is 6.41 Å². The maximum Gasteiger partial charge on any atom is 0.213 e. The molecule has 0 spiro atoms. The monoisotopic (exact) mass is 287 g/mol. The molecule has 0 aromatic heterocycles. The van der Waals surface area contributed by atoms with Crippen molar-refractivity contribution in [1.29, 1.82) is 0 Å². The first kappa shape index (κ1) is 15.9. The molecule has 5 unspecified atom stereocenters. The molecule has 1 fully saturated rings. The predicted octanol–water partition coefficient (Wildman–Crippen LogP) is 0.752. The van der Waals surface area contributed by atoms with E-state index in [9.17, 15) is 5.11 Å². The first-order chi connectivity index (χ1) is 9.58. The van der Waals surface area contributed by atoms with E-state index in [0.29, 0.717) is 13.2 Å². The topological polar surface area (TPSA) is 69.2 Å². The average Bonchev–Trinajstić information content (AvgIpc) is 2.79. The highest BCUT2D eigenvalue weighted by atomic mass is 16.7. The molecule has 0 saturated carbocycles. The summed E-state index contributed by atoms with van der Waals surface area (Å²) in [5.74, 6) is 0. The summed E-state index contributed by atoms with van der Waals surface area (Å²) in [4.78, 5) is 0. The molecule has 2 aliphatic rings. The third kappa shape index (κ3) is 4.51. The van der Waals surface area contributed by atoms with Crippen LogP contribution in [0.15, 0.2) is 12.2 Å². The van der Waals surface area contributed by atoms with Crippen LogP contribution in [0.3, 0.4) is 0 Å². The molecule has 1 aliphatic carbocycles. The third-order valence-corrected chi connectivity index (χ3v) is 3.45. The molecule has 1 aliphatic heterocycles. The zero-order valence-corrected chi connectivity index (χ0v) is 12.3. The van der Waals surface area contributed by atoms with Crippen molar-refractivity contribution in [2.75, 3.05) is 13.8 Å². The van der Waals surface area contributed by atoms with E-state index in [1.54, 1.807) is 7.05 Å². The summed E-state index contributed by atoms with van der Waals surface area (Å²) in [6.07, 6.45) is 4.26. The van der Waals surface area contributed by atoms with Crippen molar-refractivity contribution in [3.63, 3.8) is 0 Å². The quantitative estimate of drug-likeness (QED) is 0.574. The summed E-state index contributed by atoms with van der Waals surface area (Å²) in [6.45, 7) is 4.33. The second kappa shape index (κ2) is 7.49. The lowest BCUT2D eigenvalue weighted by atomic mass is 9.97. The van der Waals surface area contributed by atoms with E-state index >= 15 is 0 Å². The van der Waals surface area contributed by atoms with Crippen LogP contribution in [0.5, 0.6) is 0 Å². The van der Waals surface area contributed by atoms with Gasteiger partial charge in [-0.2, -0.15) is 0 Å². The fourth-order valence-corrected chi connectivity index (χ4v) is 2.52. The van der Waals surface area contributed by atoms with Crippen LogP contribution in [0.4, 0.5) is 0 Å². The molecule has 2 N–H and O–H groups in total. The average molecular weight is 287 g/mol. The van der Waals surface area contributed by atoms with Gasteiger partial charge in [0.25, 0.3) is 0 Å². The van der Waals surface area contributed by atoms with Crippen LogP contribution in [0.25, 0.3) is 0 Å². The van der Waals surface area contributed by atoms with Gasteiger partial charge in [0.05, 0.1) is 30.5 Å². The number of aliphatic hydroxyl groups excluding tert-OH is 1. The van der Waals surface area contributed by atoms with Gasteiger partial charge in [-0.25, -0.2) is 0 Å². The van der Waals surface area contributed by atoms with Gasteiger partial charge in [0.15, 0.2) is 0 Å². The van der Waals surface area contributed by atoms with Gasteiger partial charge in [0.1, 0.15) is 6.79 Å². The number of hydrogen-bond acceptors (Lipinski definition) is 6. The van der Waals surface area contributed by atoms with Crippen LogP contribution in [0, 0.1) is 0 Å². The fraction of sp³-hybridized carbons (Fsp3) is 0.857. The maximum absolute atomic E-state index is 9.55. The van der Waals surface area contributed by atoms with Crippen molar-refractivity contribution in [2.24, 2.45) is 0 Å². The van der Waals surface area contributed by atoms with E-state index in [0.717, 1.165) is 6.42 Å². The zero-order chi connectivity index (χ0) is 14.5. The molecule has 6 nitrogen and oxygen atoms in total. The highest BCUT2D eigenvalue weighted by molar-refractivity contribution is 5.01. The molecule has 6 heteroatoms. The normalized spacial score (nSPS) is 37.2. The molecule has 0 radical (unpaired) electrons. The Balaban J connectivity index is 2.04. The Hall–Kier alpha value is -0.500. The van der Waals surface area contributed by atoms with Gasteiger partial charge in [-0.05, 0) is 20.9 Å². The lowest BCUT2D eigenvalue weighted by Gasteiger charge is -2.28. The van der Waals surface area contributed by atoms with E-state index in [-0.39, 0.29) is 30.5 Å². The lowest BCUT2D eigenvalue weighted by molar-refractivity contribution is -0.146. The van der Waals surface area contributed by atoms with Crippen LogP contribution in [0.2, 0.25) is 0 Å². The zero-order valence-electron chi connectivity index (χ0n) is 12.3. The van der Waals surface area contributed by atoms with Gasteiger partial charge in [-0.1, -0.05) is 12.2 Å². The second-order valence-corrected chi connectivity index (χ2v) is 5.42. The van der Waals surface area contributed by atoms with Crippen LogP contribution in [-0.2, 0) is 18.9 Å². The molecule has 20 heavy (non-hydrogen) atoms. The molecule has 116 valence electrons. The molecule has 0 aromatic carbocycles. The van der Waals surface area contributed by atoms with E-state index in [1.807, 2.05) is 26.0 Å². The van der Waals surface area contributed by atoms with Gasteiger partial charge in [0, 0.05) is 12.8 Å². The largest absolute Gasteiger partial charge is 0.371 e. The van der Waals surface area contributed by atoms with E-state index in [1.165, 1.54) is 0 Å². The predicted molar refractivity (Wildman–Crippen MR) is 72.9 cm³/mol. The first-order valence-electron chi connectivity index (χ1n) is 7.16. The van der Waals surface area contributed by atoms with Crippen LogP contribution in [-0.4, -0.2) is 55.9 Å². The van der Waals surface area contributed by atoms with E-state index in [2.05, 4.69) is 5.32 Å². The number of fused-ring (bicyclic) bond motifs is 1. The van der Waals surface area contributed by atoms with E-state index in [4.69, 9.17) is 18.9 Å². The molecular formula is C14H25NO5. The van der Waals surface area contributed by atoms with Gasteiger partial charge < -0.3 is 24.1 Å². The van der Waals surface area contributed by atoms with Crippen molar-refractivity contribution in [3.8, 4) is 0 Å². The van der Waals surface area contributed by atoms with Gasteiger partial charge in [-0.3, -0.25) is 5.32 Å². The van der Waals surface area contributed by atoms with Gasteiger partial charge in [-0.15, -0.1) is 0 Å². The van der Waals surface area contributed by atoms with Crippen molar-refractivity contribution >= 4 is 0 Å². The minimum Gasteiger partial charge on any atom is -0.371 e. The van der Waals surface area contributed by atoms with Crippen molar-refractivity contribution in [2.45, 2.75) is 63.6 Å². The molecule has 2 rings (SSSR count). The Kier molecular flexibility index (Phi) is 5.95. The number of rotatable bonds is 5. The Bertz CT molecular complexity index is 323. The Morgan fingerprint density at radius 2 is 1.65 bits per heavy atom. The third-order valence-electron chi connectivity index (χ3n) is 3.45. The number of hydrogen-bond donors (Lipinski definition) is 2. The SMILES string of the molecule is CNC(O)OC1/C=C/C(OC(C)C)CC2OCOC2C1. The molecule has 5 atom stereocenters. The lowest BCUT2D eigenvalue weighted by Crippen LogP contribution is -2.38. The van der Waals surface area contributed by atoms with Gasteiger partial charge in [0.2, 0.25) is 6.41 Å². The number of aliphatic hydroxyl groups is 1. The summed E-state index contributed by atoms with van der Waals surface area (Å²) in [6, 6.07) is 0. The Morgan fingerprint density at radius 1 is 1.10 bits per heavy atom. The number of nitrogens with one attached hydrogen (secondary N) is 1. The molecule has 0 amide bonds. The highest BCUT2D eigenvalue weighted by Gasteiger charge is 2.35. The summed E-state index contributed by atoms with van der Waals surface area (Å²) in [5, 5.41) is 12.2. The molecule has 1 saturated heterocycles. The van der Waals surface area contributed by atoms with Gasteiger partial charge >= 0.3 is 0 Å². The standard InChI is InChI=1S/C14H25NO5/c1-9(2)19-10-4-5-11(20-14(16)15-3)7-13-12(6-10)17-8-18-13/h4-5,9-16H,6-8H2,1-3H3/b5-4+. The van der Waals surface area contributed by atoms with Crippen molar-refractivity contribution in [3.05, 3.63) is 12.2 Å². The second-order valence-electron chi connectivity index (χ2n) is 5.42. The smallest absolute Gasteiger partial charge is 0.213 e. The minimum absolute atomic E-state index is 0.0153. The maximum atomic E-state index is 9.55. The fourth-order valence-electron chi connectivity index (χ4n) is 2.52. The molecule has 0 bridgehead atoms. The molecule has 1 heterocycles. The first-order valence-corrected chi connectivity index (χ1v) is 7.16. The Morgan fingerprint density at radius 3 is 2.15 bits per heavy atom. The van der Waals surface area contributed by atoms with Crippen molar-refractivity contribution < 1.29 is 24.1 Å². The molecule has 0 aromatic rings. The summed E-state index contributed by atoms with van der Waals surface area (Å²) in [7, 11) is 1.64. The molecular weight excluding hydrogens is 262 g/mol.